The first-order valence-corrected chi connectivity index (χ1v) is 11.3. The molecule has 1 aromatic heterocycles. The van der Waals surface area contributed by atoms with E-state index in [1.165, 1.54) is 0 Å². The highest BCUT2D eigenvalue weighted by atomic mass is 16.5. The molecule has 3 aromatic rings. The molecule has 2 aromatic carbocycles. The number of primary amides is 1. The van der Waals surface area contributed by atoms with Crippen molar-refractivity contribution in [2.24, 2.45) is 11.7 Å². The molecule has 33 heavy (non-hydrogen) atoms. The summed E-state index contributed by atoms with van der Waals surface area (Å²) in [5.74, 6) is 8.76. The van der Waals surface area contributed by atoms with E-state index in [-0.39, 0.29) is 5.92 Å². The van der Waals surface area contributed by atoms with Gasteiger partial charge in [-0.1, -0.05) is 24.1 Å². The molecule has 3 N–H and O–H groups in total. The zero-order valence-electron chi connectivity index (χ0n) is 18.6. The topological polar surface area (TPSA) is 85.4 Å². The first-order chi connectivity index (χ1) is 16.1. The Morgan fingerprint density at radius 2 is 1.88 bits per heavy atom. The van der Waals surface area contributed by atoms with E-state index in [0.29, 0.717) is 17.3 Å². The number of rotatable bonds is 6. The number of amides is 1. The van der Waals surface area contributed by atoms with Gasteiger partial charge in [0, 0.05) is 31.1 Å². The Labute approximate surface area is 193 Å². The number of carbonyl (C=O) groups is 1. The van der Waals surface area contributed by atoms with Crippen LogP contribution in [-0.2, 0) is 0 Å². The van der Waals surface area contributed by atoms with Gasteiger partial charge < -0.3 is 15.9 Å². The van der Waals surface area contributed by atoms with Gasteiger partial charge >= 0.3 is 0 Å². The Kier molecular flexibility index (Phi) is 5.76. The molecule has 1 fully saturated rings. The van der Waals surface area contributed by atoms with Gasteiger partial charge in [0.25, 0.3) is 5.91 Å². The molecule has 7 heteroatoms. The van der Waals surface area contributed by atoms with E-state index in [1.54, 1.807) is 0 Å². The van der Waals surface area contributed by atoms with Gasteiger partial charge in [0.05, 0.1) is 6.54 Å². The Morgan fingerprint density at radius 3 is 2.58 bits per heavy atom. The van der Waals surface area contributed by atoms with Crippen molar-refractivity contribution < 1.29 is 9.53 Å². The number of ether oxygens (including phenoxy) is 1. The predicted octanol–water partition coefficient (Wildman–Crippen LogP) is 3.43. The van der Waals surface area contributed by atoms with E-state index in [4.69, 9.17) is 15.5 Å². The highest BCUT2D eigenvalue weighted by molar-refractivity contribution is 5.97. The lowest BCUT2D eigenvalue weighted by Crippen LogP contribution is -2.51. The lowest BCUT2D eigenvalue weighted by molar-refractivity contribution is 0.0876. The fourth-order valence-electron chi connectivity index (χ4n) is 4.67. The summed E-state index contributed by atoms with van der Waals surface area (Å²) < 4.78 is 7.71. The van der Waals surface area contributed by atoms with Crippen LogP contribution in [0.3, 0.4) is 0 Å². The molecule has 1 saturated heterocycles. The first-order valence-electron chi connectivity index (χ1n) is 11.3. The maximum atomic E-state index is 12.4. The van der Waals surface area contributed by atoms with Crippen molar-refractivity contribution in [3.8, 4) is 34.6 Å². The Bertz CT molecular complexity index is 1200. The monoisotopic (exact) mass is 441 g/mol. The number of aromatic nitrogens is 2. The van der Waals surface area contributed by atoms with Gasteiger partial charge in [0.2, 0.25) is 0 Å². The molecule has 1 amide bonds. The van der Waals surface area contributed by atoms with Crippen LogP contribution in [0.2, 0.25) is 0 Å². The number of hydrogen-bond donors (Lipinski definition) is 2. The van der Waals surface area contributed by atoms with Gasteiger partial charge in [-0.15, -0.1) is 5.92 Å². The second kappa shape index (κ2) is 9.00. The fraction of sp³-hybridized carbons (Fsp3) is 0.308. The SMILES string of the molecule is CC#CCN1CC(C2CCNn3c2nc(-c2ccc(Oc4ccccc4)cc2)c3C(N)=O)C1. The van der Waals surface area contributed by atoms with Crippen molar-refractivity contribution in [1.29, 1.82) is 0 Å². The Morgan fingerprint density at radius 1 is 1.15 bits per heavy atom. The lowest BCUT2D eigenvalue weighted by atomic mass is 9.82. The van der Waals surface area contributed by atoms with E-state index < -0.39 is 5.91 Å². The van der Waals surface area contributed by atoms with E-state index in [1.807, 2.05) is 66.2 Å². The number of imidazole rings is 1. The number of carbonyl (C=O) groups excluding carboxylic acids is 1. The minimum atomic E-state index is -0.491. The van der Waals surface area contributed by atoms with Gasteiger partial charge in [0.15, 0.2) is 5.69 Å². The quantitative estimate of drug-likeness (QED) is 0.573. The third-order valence-electron chi connectivity index (χ3n) is 6.33. The Balaban J connectivity index is 1.41. The fourth-order valence-corrected chi connectivity index (χ4v) is 4.67. The van der Waals surface area contributed by atoms with Crippen molar-refractivity contribution in [1.82, 2.24) is 14.6 Å². The molecule has 1 unspecified atom stereocenters. The molecular weight excluding hydrogens is 414 g/mol. The molecule has 1 atom stereocenters. The second-order valence-electron chi connectivity index (χ2n) is 8.49. The predicted molar refractivity (Wildman–Crippen MR) is 128 cm³/mol. The van der Waals surface area contributed by atoms with Crippen LogP contribution in [-0.4, -0.2) is 46.6 Å². The number of benzene rings is 2. The standard InChI is InChI=1S/C26H27N5O2/c1-2-3-15-30-16-19(17-30)22-13-14-28-31-24(25(27)32)23(29-26(22)31)18-9-11-21(12-10-18)33-20-7-5-4-6-8-20/h4-12,19,22,28H,13-17H2,1H3,(H2,27,32). The smallest absolute Gasteiger partial charge is 0.269 e. The Hall–Kier alpha value is -3.76. The summed E-state index contributed by atoms with van der Waals surface area (Å²) in [5.41, 5.74) is 11.0. The van der Waals surface area contributed by atoms with E-state index in [9.17, 15) is 4.79 Å². The number of nitrogens with two attached hydrogens (primary N) is 1. The summed E-state index contributed by atoms with van der Waals surface area (Å²) in [6.07, 6.45) is 0.983. The van der Waals surface area contributed by atoms with Crippen LogP contribution in [0.4, 0.5) is 0 Å². The lowest BCUT2D eigenvalue weighted by Gasteiger charge is -2.43. The van der Waals surface area contributed by atoms with Crippen LogP contribution in [0, 0.1) is 17.8 Å². The molecule has 3 heterocycles. The molecular formula is C26H27N5O2. The highest BCUT2D eigenvalue weighted by Gasteiger charge is 2.39. The largest absolute Gasteiger partial charge is 0.457 e. The minimum absolute atomic E-state index is 0.282. The van der Waals surface area contributed by atoms with Gasteiger partial charge in [-0.25, -0.2) is 9.66 Å². The molecule has 2 aliphatic rings. The normalized spacial score (nSPS) is 17.8. The number of nitrogens with one attached hydrogen (secondary N) is 1. The maximum Gasteiger partial charge on any atom is 0.269 e. The average molecular weight is 442 g/mol. The van der Waals surface area contributed by atoms with Crippen LogP contribution in [0.1, 0.15) is 35.6 Å². The van der Waals surface area contributed by atoms with Crippen LogP contribution < -0.4 is 15.9 Å². The van der Waals surface area contributed by atoms with Crippen molar-refractivity contribution in [2.75, 3.05) is 31.6 Å². The van der Waals surface area contributed by atoms with Crippen molar-refractivity contribution in [3.63, 3.8) is 0 Å². The average Bonchev–Trinajstić information content (AvgIpc) is 3.20. The molecule has 5 rings (SSSR count). The van der Waals surface area contributed by atoms with Crippen LogP contribution in [0.15, 0.2) is 54.6 Å². The summed E-state index contributed by atoms with van der Waals surface area (Å²) in [7, 11) is 0. The van der Waals surface area contributed by atoms with E-state index in [0.717, 1.165) is 55.5 Å². The molecule has 2 aliphatic heterocycles. The molecule has 0 saturated carbocycles. The molecule has 0 bridgehead atoms. The number of likely N-dealkylation sites (tertiary alicyclic amines) is 1. The van der Waals surface area contributed by atoms with Crippen molar-refractivity contribution >= 4 is 5.91 Å². The maximum absolute atomic E-state index is 12.4. The first kappa shape index (κ1) is 21.1. The molecule has 0 aliphatic carbocycles. The van der Waals surface area contributed by atoms with Crippen molar-refractivity contribution in [2.45, 2.75) is 19.3 Å². The molecule has 168 valence electrons. The van der Waals surface area contributed by atoms with E-state index in [2.05, 4.69) is 22.2 Å². The van der Waals surface area contributed by atoms with Gasteiger partial charge in [0.1, 0.15) is 23.0 Å². The third-order valence-corrected chi connectivity index (χ3v) is 6.33. The van der Waals surface area contributed by atoms with Crippen LogP contribution in [0.25, 0.3) is 11.3 Å². The zero-order chi connectivity index (χ0) is 22.8. The van der Waals surface area contributed by atoms with Crippen molar-refractivity contribution in [3.05, 3.63) is 66.1 Å². The van der Waals surface area contributed by atoms with E-state index >= 15 is 0 Å². The van der Waals surface area contributed by atoms with Crippen LogP contribution in [0.5, 0.6) is 11.5 Å². The summed E-state index contributed by atoms with van der Waals surface area (Å²) in [5, 5.41) is 0. The van der Waals surface area contributed by atoms with Crippen LogP contribution >= 0.6 is 0 Å². The zero-order valence-corrected chi connectivity index (χ0v) is 18.6. The van der Waals surface area contributed by atoms with Gasteiger partial charge in [-0.2, -0.15) is 0 Å². The summed E-state index contributed by atoms with van der Waals surface area (Å²) in [6, 6.07) is 17.2. The molecule has 0 radical (unpaired) electrons. The number of hydrogen-bond acceptors (Lipinski definition) is 5. The number of nitrogens with zero attached hydrogens (tertiary/aromatic N) is 3. The summed E-state index contributed by atoms with van der Waals surface area (Å²) in [6.45, 7) is 5.45. The number of para-hydroxylation sites is 1. The summed E-state index contributed by atoms with van der Waals surface area (Å²) in [4.78, 5) is 19.7. The second-order valence-corrected chi connectivity index (χ2v) is 8.49. The number of fused-ring (bicyclic) bond motifs is 1. The molecule has 7 nitrogen and oxygen atoms in total. The third kappa shape index (κ3) is 4.18. The minimum Gasteiger partial charge on any atom is -0.457 e. The highest BCUT2D eigenvalue weighted by Crippen LogP contribution is 2.38. The van der Waals surface area contributed by atoms with Gasteiger partial charge in [-0.05, 0) is 55.7 Å². The van der Waals surface area contributed by atoms with Gasteiger partial charge in [-0.3, -0.25) is 9.69 Å². The molecule has 0 spiro atoms. The summed E-state index contributed by atoms with van der Waals surface area (Å²) >= 11 is 0.